The molecule has 1 aliphatic rings. The van der Waals surface area contributed by atoms with Crippen molar-refractivity contribution in [2.24, 2.45) is 5.73 Å². The Bertz CT molecular complexity index is 612. The van der Waals surface area contributed by atoms with Crippen LogP contribution in [0.15, 0.2) is 48.5 Å². The Morgan fingerprint density at radius 1 is 1.14 bits per heavy atom. The minimum Gasteiger partial charge on any atom is -0.326 e. The van der Waals surface area contributed by atoms with Gasteiger partial charge in [0.05, 0.1) is 0 Å². The highest BCUT2D eigenvalue weighted by atomic mass is 35.5. The molecule has 0 saturated carbocycles. The Balaban J connectivity index is 1.72. The highest BCUT2D eigenvalue weighted by Crippen LogP contribution is 2.30. The molecule has 0 radical (unpaired) electrons. The zero-order chi connectivity index (χ0) is 14.8. The second-order valence-electron chi connectivity index (χ2n) is 5.96. The molecule has 2 unspecified atom stereocenters. The van der Waals surface area contributed by atoms with E-state index in [1.54, 1.807) is 0 Å². The predicted molar refractivity (Wildman–Crippen MR) is 88.6 cm³/mol. The smallest absolute Gasteiger partial charge is 0.0438 e. The summed E-state index contributed by atoms with van der Waals surface area (Å²) in [4.78, 5) is 2.43. The van der Waals surface area contributed by atoms with Gasteiger partial charge in [-0.2, -0.15) is 0 Å². The highest BCUT2D eigenvalue weighted by molar-refractivity contribution is 6.31. The summed E-state index contributed by atoms with van der Waals surface area (Å²) in [5.41, 5.74) is 10.1. The second kappa shape index (κ2) is 6.18. The van der Waals surface area contributed by atoms with Gasteiger partial charge < -0.3 is 5.73 Å². The third-order valence-electron chi connectivity index (χ3n) is 4.31. The van der Waals surface area contributed by atoms with E-state index < -0.39 is 0 Å². The number of rotatable bonds is 3. The fourth-order valence-corrected chi connectivity index (χ4v) is 3.27. The van der Waals surface area contributed by atoms with Crippen LogP contribution in [0.1, 0.15) is 22.6 Å². The van der Waals surface area contributed by atoms with Gasteiger partial charge in [0.1, 0.15) is 0 Å². The maximum absolute atomic E-state index is 6.36. The number of aryl methyl sites for hydroxylation is 1. The van der Waals surface area contributed by atoms with Crippen molar-refractivity contribution in [3.8, 4) is 0 Å². The molecule has 2 nitrogen and oxygen atoms in total. The average molecular weight is 301 g/mol. The first kappa shape index (κ1) is 14.6. The number of hydrogen-bond donors (Lipinski definition) is 1. The Hall–Kier alpha value is -1.35. The molecule has 0 spiro atoms. The van der Waals surface area contributed by atoms with Gasteiger partial charge in [-0.05, 0) is 29.7 Å². The van der Waals surface area contributed by atoms with Crippen molar-refractivity contribution in [1.29, 1.82) is 0 Å². The third-order valence-corrected chi connectivity index (χ3v) is 4.72. The Morgan fingerprint density at radius 3 is 2.62 bits per heavy atom. The van der Waals surface area contributed by atoms with E-state index >= 15 is 0 Å². The van der Waals surface area contributed by atoms with Crippen LogP contribution in [0.2, 0.25) is 5.02 Å². The first-order valence-corrected chi connectivity index (χ1v) is 7.79. The number of halogens is 1. The summed E-state index contributed by atoms with van der Waals surface area (Å²) in [5, 5.41) is 0.834. The van der Waals surface area contributed by atoms with Gasteiger partial charge >= 0.3 is 0 Å². The van der Waals surface area contributed by atoms with Crippen LogP contribution in [0, 0.1) is 6.92 Å². The van der Waals surface area contributed by atoms with Gasteiger partial charge in [-0.25, -0.2) is 0 Å². The largest absolute Gasteiger partial charge is 0.326 e. The van der Waals surface area contributed by atoms with Gasteiger partial charge in [0, 0.05) is 36.6 Å². The van der Waals surface area contributed by atoms with Gasteiger partial charge in [0.15, 0.2) is 0 Å². The molecule has 3 rings (SSSR count). The Morgan fingerprint density at radius 2 is 1.90 bits per heavy atom. The summed E-state index contributed by atoms with van der Waals surface area (Å²) in [7, 11) is 0. The Labute approximate surface area is 131 Å². The summed E-state index contributed by atoms with van der Waals surface area (Å²) < 4.78 is 0. The number of nitrogens with two attached hydrogens (primary N) is 1. The molecular weight excluding hydrogens is 280 g/mol. The molecule has 0 bridgehead atoms. The van der Waals surface area contributed by atoms with Gasteiger partial charge in [-0.3, -0.25) is 4.90 Å². The number of benzene rings is 2. The molecule has 21 heavy (non-hydrogen) atoms. The number of hydrogen-bond acceptors (Lipinski definition) is 2. The molecule has 0 amide bonds. The SMILES string of the molecule is Cc1ccc(C2CN(Cc3ccccc3)CC2N)cc1Cl. The average Bonchev–Trinajstić information content (AvgIpc) is 2.84. The third kappa shape index (κ3) is 3.29. The van der Waals surface area contributed by atoms with E-state index in [9.17, 15) is 0 Å². The summed E-state index contributed by atoms with van der Waals surface area (Å²) in [6.45, 7) is 4.92. The van der Waals surface area contributed by atoms with Crippen molar-refractivity contribution >= 4 is 11.6 Å². The van der Waals surface area contributed by atoms with Gasteiger partial charge in [0.2, 0.25) is 0 Å². The van der Waals surface area contributed by atoms with Crippen molar-refractivity contribution in [2.75, 3.05) is 13.1 Å². The quantitative estimate of drug-likeness (QED) is 0.939. The fraction of sp³-hybridized carbons (Fsp3) is 0.333. The van der Waals surface area contributed by atoms with Crippen LogP contribution in [-0.2, 0) is 6.54 Å². The molecule has 1 saturated heterocycles. The van der Waals surface area contributed by atoms with Crippen LogP contribution in [0.5, 0.6) is 0 Å². The summed E-state index contributed by atoms with van der Waals surface area (Å²) in [5.74, 6) is 0.367. The summed E-state index contributed by atoms with van der Waals surface area (Å²) in [6.07, 6.45) is 0. The lowest BCUT2D eigenvalue weighted by Crippen LogP contribution is -2.28. The maximum atomic E-state index is 6.36. The zero-order valence-electron chi connectivity index (χ0n) is 12.3. The lowest BCUT2D eigenvalue weighted by molar-refractivity contribution is 0.324. The minimum absolute atomic E-state index is 0.174. The molecule has 1 fully saturated rings. The first-order chi connectivity index (χ1) is 10.1. The van der Waals surface area contributed by atoms with E-state index in [4.69, 9.17) is 17.3 Å². The summed E-state index contributed by atoms with van der Waals surface area (Å²) >= 11 is 6.25. The van der Waals surface area contributed by atoms with E-state index in [1.807, 2.05) is 6.92 Å². The topological polar surface area (TPSA) is 29.3 Å². The van der Waals surface area contributed by atoms with Crippen LogP contribution >= 0.6 is 11.6 Å². The fourth-order valence-electron chi connectivity index (χ4n) is 3.08. The van der Waals surface area contributed by atoms with E-state index in [2.05, 4.69) is 53.4 Å². The molecular formula is C18H21ClN2. The molecule has 110 valence electrons. The van der Waals surface area contributed by atoms with Crippen LogP contribution in [0.3, 0.4) is 0 Å². The van der Waals surface area contributed by atoms with Crippen LogP contribution < -0.4 is 5.73 Å². The standard InChI is InChI=1S/C18H21ClN2/c1-13-7-8-15(9-17(13)19)16-11-21(12-18(16)20)10-14-5-3-2-4-6-14/h2-9,16,18H,10-12,20H2,1H3. The van der Waals surface area contributed by atoms with Crippen LogP contribution in [-0.4, -0.2) is 24.0 Å². The lowest BCUT2D eigenvalue weighted by atomic mass is 9.94. The van der Waals surface area contributed by atoms with Crippen molar-refractivity contribution in [1.82, 2.24) is 4.90 Å². The molecule has 2 atom stereocenters. The molecule has 2 aromatic carbocycles. The monoisotopic (exact) mass is 300 g/mol. The molecule has 0 aliphatic carbocycles. The van der Waals surface area contributed by atoms with E-state index in [-0.39, 0.29) is 6.04 Å². The lowest BCUT2D eigenvalue weighted by Gasteiger charge is -2.16. The van der Waals surface area contributed by atoms with Crippen LogP contribution in [0.4, 0.5) is 0 Å². The van der Waals surface area contributed by atoms with Crippen LogP contribution in [0.25, 0.3) is 0 Å². The highest BCUT2D eigenvalue weighted by Gasteiger charge is 2.31. The van der Waals surface area contributed by atoms with Crippen molar-refractivity contribution in [2.45, 2.75) is 25.4 Å². The molecule has 2 aromatic rings. The molecule has 1 heterocycles. The van der Waals surface area contributed by atoms with Gasteiger partial charge in [0.25, 0.3) is 0 Å². The van der Waals surface area contributed by atoms with Gasteiger partial charge in [-0.1, -0.05) is 54.1 Å². The molecule has 3 heteroatoms. The zero-order valence-corrected chi connectivity index (χ0v) is 13.1. The van der Waals surface area contributed by atoms with Crippen molar-refractivity contribution < 1.29 is 0 Å². The number of likely N-dealkylation sites (tertiary alicyclic amines) is 1. The Kier molecular flexibility index (Phi) is 4.29. The number of nitrogens with zero attached hydrogens (tertiary/aromatic N) is 1. The van der Waals surface area contributed by atoms with E-state index in [0.717, 1.165) is 30.2 Å². The normalized spacial score (nSPS) is 22.6. The van der Waals surface area contributed by atoms with Gasteiger partial charge in [-0.15, -0.1) is 0 Å². The maximum Gasteiger partial charge on any atom is 0.0438 e. The molecule has 1 aliphatic heterocycles. The molecule has 0 aromatic heterocycles. The van der Waals surface area contributed by atoms with E-state index in [1.165, 1.54) is 11.1 Å². The summed E-state index contributed by atoms with van der Waals surface area (Å²) in [6, 6.07) is 17.1. The van der Waals surface area contributed by atoms with Crippen molar-refractivity contribution in [3.63, 3.8) is 0 Å². The van der Waals surface area contributed by atoms with Crippen molar-refractivity contribution in [3.05, 3.63) is 70.2 Å². The predicted octanol–water partition coefficient (Wildman–Crippen LogP) is 3.58. The molecule has 2 N–H and O–H groups in total. The first-order valence-electron chi connectivity index (χ1n) is 7.41. The second-order valence-corrected chi connectivity index (χ2v) is 6.37. The van der Waals surface area contributed by atoms with E-state index in [0.29, 0.717) is 5.92 Å². The minimum atomic E-state index is 0.174.